The van der Waals surface area contributed by atoms with E-state index in [0.29, 0.717) is 6.04 Å². The van der Waals surface area contributed by atoms with E-state index in [9.17, 15) is 0 Å². The Balaban J connectivity index is 1.83. The lowest BCUT2D eigenvalue weighted by Gasteiger charge is -1.97. The summed E-state index contributed by atoms with van der Waals surface area (Å²) in [4.78, 5) is 8.62. The van der Waals surface area contributed by atoms with Crippen LogP contribution in [0.3, 0.4) is 0 Å². The van der Waals surface area contributed by atoms with Crippen molar-refractivity contribution in [3.8, 4) is 11.3 Å². The maximum Gasteiger partial charge on any atom is 0.183 e. The lowest BCUT2D eigenvalue weighted by Crippen LogP contribution is -1.99. The molecule has 0 spiro atoms. The van der Waals surface area contributed by atoms with Gasteiger partial charge in [-0.25, -0.2) is 4.98 Å². The average Bonchev–Trinajstić information content (AvgIpc) is 2.96. The molecule has 15 heavy (non-hydrogen) atoms. The van der Waals surface area contributed by atoms with Gasteiger partial charge >= 0.3 is 0 Å². The van der Waals surface area contributed by atoms with Gasteiger partial charge in [0.15, 0.2) is 5.13 Å². The molecular formula is C11H11N3S. The van der Waals surface area contributed by atoms with E-state index >= 15 is 0 Å². The quantitative estimate of drug-likeness (QED) is 0.859. The summed E-state index contributed by atoms with van der Waals surface area (Å²) in [6.45, 7) is 0. The molecule has 0 saturated heterocycles. The molecule has 0 aromatic carbocycles. The fourth-order valence-electron chi connectivity index (χ4n) is 1.39. The Morgan fingerprint density at radius 1 is 1.40 bits per heavy atom. The molecule has 0 radical (unpaired) electrons. The van der Waals surface area contributed by atoms with Crippen LogP contribution in [0.5, 0.6) is 0 Å². The molecule has 1 saturated carbocycles. The number of rotatable bonds is 3. The maximum atomic E-state index is 4.53. The van der Waals surface area contributed by atoms with Crippen LogP contribution in [0.4, 0.5) is 5.13 Å². The fraction of sp³-hybridized carbons (Fsp3) is 0.273. The van der Waals surface area contributed by atoms with Crippen molar-refractivity contribution < 1.29 is 0 Å². The molecule has 1 aliphatic rings. The Labute approximate surface area is 92.2 Å². The molecule has 4 heteroatoms. The van der Waals surface area contributed by atoms with Crippen LogP contribution in [0.1, 0.15) is 12.8 Å². The van der Waals surface area contributed by atoms with Crippen LogP contribution >= 0.6 is 11.3 Å². The zero-order valence-corrected chi connectivity index (χ0v) is 9.00. The monoisotopic (exact) mass is 217 g/mol. The number of thiazole rings is 1. The van der Waals surface area contributed by atoms with Crippen molar-refractivity contribution in [2.24, 2.45) is 0 Å². The third-order valence-corrected chi connectivity index (χ3v) is 3.14. The van der Waals surface area contributed by atoms with Gasteiger partial charge in [-0.3, -0.25) is 4.98 Å². The third kappa shape index (κ3) is 1.99. The molecule has 3 rings (SSSR count). The molecular weight excluding hydrogens is 206 g/mol. The molecule has 1 N–H and O–H groups in total. The van der Waals surface area contributed by atoms with E-state index in [-0.39, 0.29) is 0 Å². The van der Waals surface area contributed by atoms with E-state index in [1.54, 1.807) is 17.5 Å². The Kier molecular flexibility index (Phi) is 2.14. The Hall–Kier alpha value is -1.42. The topological polar surface area (TPSA) is 37.8 Å². The summed E-state index contributed by atoms with van der Waals surface area (Å²) < 4.78 is 0. The van der Waals surface area contributed by atoms with E-state index in [1.807, 2.05) is 18.3 Å². The van der Waals surface area contributed by atoms with Gasteiger partial charge in [0.25, 0.3) is 0 Å². The molecule has 0 amide bonds. The van der Waals surface area contributed by atoms with Crippen molar-refractivity contribution in [1.82, 2.24) is 9.97 Å². The van der Waals surface area contributed by atoms with Crippen LogP contribution in [0.2, 0.25) is 0 Å². The maximum absolute atomic E-state index is 4.53. The van der Waals surface area contributed by atoms with Crippen molar-refractivity contribution in [3.05, 3.63) is 29.9 Å². The predicted molar refractivity (Wildman–Crippen MR) is 62.0 cm³/mol. The van der Waals surface area contributed by atoms with Gasteiger partial charge in [-0.05, 0) is 25.0 Å². The van der Waals surface area contributed by atoms with Crippen molar-refractivity contribution in [2.75, 3.05) is 5.32 Å². The first-order valence-corrected chi connectivity index (χ1v) is 5.92. The molecule has 0 atom stereocenters. The van der Waals surface area contributed by atoms with E-state index in [1.165, 1.54) is 12.8 Å². The molecule has 3 nitrogen and oxygen atoms in total. The highest BCUT2D eigenvalue weighted by molar-refractivity contribution is 7.14. The largest absolute Gasteiger partial charge is 0.359 e. The Morgan fingerprint density at radius 3 is 3.07 bits per heavy atom. The van der Waals surface area contributed by atoms with Gasteiger partial charge in [0.05, 0.1) is 5.69 Å². The highest BCUT2D eigenvalue weighted by Crippen LogP contribution is 2.29. The first kappa shape index (κ1) is 8.85. The molecule has 1 aliphatic carbocycles. The summed E-state index contributed by atoms with van der Waals surface area (Å²) in [5.41, 5.74) is 2.09. The molecule has 0 bridgehead atoms. The van der Waals surface area contributed by atoms with E-state index in [2.05, 4.69) is 20.7 Å². The minimum atomic E-state index is 0.665. The SMILES string of the molecule is c1cncc(-c2csc(NC3CC3)n2)c1. The molecule has 2 aromatic rings. The number of anilines is 1. The zero-order valence-electron chi connectivity index (χ0n) is 8.18. The summed E-state index contributed by atoms with van der Waals surface area (Å²) in [6.07, 6.45) is 6.18. The smallest absolute Gasteiger partial charge is 0.183 e. The number of hydrogen-bond donors (Lipinski definition) is 1. The summed E-state index contributed by atoms with van der Waals surface area (Å²) in [6, 6.07) is 4.63. The van der Waals surface area contributed by atoms with Gasteiger partial charge in [-0.1, -0.05) is 0 Å². The second kappa shape index (κ2) is 3.62. The lowest BCUT2D eigenvalue weighted by atomic mass is 10.2. The molecule has 0 unspecified atom stereocenters. The summed E-state index contributed by atoms with van der Waals surface area (Å²) >= 11 is 1.66. The Bertz CT molecular complexity index is 448. The van der Waals surface area contributed by atoms with Crippen molar-refractivity contribution in [3.63, 3.8) is 0 Å². The van der Waals surface area contributed by atoms with E-state index in [0.717, 1.165) is 16.4 Å². The first-order valence-electron chi connectivity index (χ1n) is 5.04. The van der Waals surface area contributed by atoms with Gasteiger partial charge in [0, 0.05) is 29.4 Å². The van der Waals surface area contributed by atoms with Gasteiger partial charge in [0.2, 0.25) is 0 Å². The standard InChI is InChI=1S/C11H11N3S/c1-2-8(6-12-5-1)10-7-15-11(14-10)13-9-3-4-9/h1-2,5-7,9H,3-4H2,(H,13,14). The summed E-state index contributed by atoms with van der Waals surface area (Å²) in [7, 11) is 0. The summed E-state index contributed by atoms with van der Waals surface area (Å²) in [5, 5.41) is 6.49. The molecule has 2 aromatic heterocycles. The number of pyridine rings is 1. The van der Waals surface area contributed by atoms with Gasteiger partial charge in [-0.15, -0.1) is 11.3 Å². The second-order valence-electron chi connectivity index (χ2n) is 3.70. The van der Waals surface area contributed by atoms with Crippen molar-refractivity contribution >= 4 is 16.5 Å². The van der Waals surface area contributed by atoms with Crippen LogP contribution in [0.15, 0.2) is 29.9 Å². The first-order chi connectivity index (χ1) is 7.42. The second-order valence-corrected chi connectivity index (χ2v) is 4.56. The Morgan fingerprint density at radius 2 is 2.33 bits per heavy atom. The van der Waals surface area contributed by atoms with E-state index in [4.69, 9.17) is 0 Å². The van der Waals surface area contributed by atoms with Gasteiger partial charge in [-0.2, -0.15) is 0 Å². The van der Waals surface area contributed by atoms with E-state index < -0.39 is 0 Å². The van der Waals surface area contributed by atoms with Crippen LogP contribution in [-0.4, -0.2) is 16.0 Å². The fourth-order valence-corrected chi connectivity index (χ4v) is 2.19. The molecule has 1 fully saturated rings. The minimum absolute atomic E-state index is 0.665. The molecule has 0 aliphatic heterocycles. The van der Waals surface area contributed by atoms with Crippen LogP contribution in [0.25, 0.3) is 11.3 Å². The summed E-state index contributed by atoms with van der Waals surface area (Å²) in [5.74, 6) is 0. The van der Waals surface area contributed by atoms with Crippen molar-refractivity contribution in [2.45, 2.75) is 18.9 Å². The highest BCUT2D eigenvalue weighted by Gasteiger charge is 2.21. The van der Waals surface area contributed by atoms with Gasteiger partial charge in [0.1, 0.15) is 0 Å². The normalized spacial score (nSPS) is 15.2. The van der Waals surface area contributed by atoms with Crippen LogP contribution in [0, 0.1) is 0 Å². The number of hydrogen-bond acceptors (Lipinski definition) is 4. The predicted octanol–water partition coefficient (Wildman–Crippen LogP) is 2.78. The van der Waals surface area contributed by atoms with Crippen LogP contribution in [-0.2, 0) is 0 Å². The highest BCUT2D eigenvalue weighted by atomic mass is 32.1. The third-order valence-electron chi connectivity index (χ3n) is 2.37. The van der Waals surface area contributed by atoms with Crippen molar-refractivity contribution in [1.29, 1.82) is 0 Å². The van der Waals surface area contributed by atoms with Crippen LogP contribution < -0.4 is 5.32 Å². The molecule has 2 heterocycles. The minimum Gasteiger partial charge on any atom is -0.359 e. The number of nitrogens with zero attached hydrogens (tertiary/aromatic N) is 2. The lowest BCUT2D eigenvalue weighted by molar-refractivity contribution is 1.14. The molecule has 76 valence electrons. The van der Waals surface area contributed by atoms with Gasteiger partial charge < -0.3 is 5.32 Å². The average molecular weight is 217 g/mol. The number of nitrogens with one attached hydrogen (secondary N) is 1. The number of aromatic nitrogens is 2. The zero-order chi connectivity index (χ0) is 10.1.